The Kier molecular flexibility index (Phi) is 1.94. The van der Waals surface area contributed by atoms with Crippen LogP contribution < -0.4 is 0 Å². The molecule has 0 spiro atoms. The van der Waals surface area contributed by atoms with Gasteiger partial charge in [-0.15, -0.1) is 0 Å². The van der Waals surface area contributed by atoms with E-state index in [9.17, 15) is 4.79 Å². The molecular formula is C9H13N2O+. The summed E-state index contributed by atoms with van der Waals surface area (Å²) in [5.74, 6) is 0.571. The Bertz CT molecular complexity index is 279. The average molecular weight is 165 g/mol. The van der Waals surface area contributed by atoms with Crippen molar-refractivity contribution in [3.63, 3.8) is 0 Å². The Hall–Kier alpha value is -1.12. The summed E-state index contributed by atoms with van der Waals surface area (Å²) in [4.78, 5) is 14.5. The summed E-state index contributed by atoms with van der Waals surface area (Å²) in [6.07, 6.45) is 9.37. The van der Waals surface area contributed by atoms with Gasteiger partial charge >= 0.3 is 1.43 Å². The molecule has 3 heteroatoms. The summed E-state index contributed by atoms with van der Waals surface area (Å²) in [7, 11) is 0. The van der Waals surface area contributed by atoms with E-state index in [1.165, 1.54) is 25.7 Å². The highest BCUT2D eigenvalue weighted by Gasteiger charge is 2.18. The third kappa shape index (κ3) is 1.15. The van der Waals surface area contributed by atoms with Gasteiger partial charge < -0.3 is 4.57 Å². The monoisotopic (exact) mass is 165 g/mol. The van der Waals surface area contributed by atoms with E-state index in [4.69, 9.17) is 0 Å². The first kappa shape index (κ1) is 7.53. The summed E-state index contributed by atoms with van der Waals surface area (Å²) < 4.78 is 2.00. The maximum Gasteiger partial charge on any atom is 1.00 e. The largest absolute Gasteiger partial charge is 1.00 e. The molecule has 1 aromatic heterocycles. The quantitative estimate of drug-likeness (QED) is 0.627. The van der Waals surface area contributed by atoms with Crippen LogP contribution in [0.3, 0.4) is 0 Å². The fourth-order valence-electron chi connectivity index (χ4n) is 1.91. The van der Waals surface area contributed by atoms with Crippen molar-refractivity contribution in [2.75, 3.05) is 0 Å². The molecular weight excluding hydrogens is 152 g/mol. The van der Waals surface area contributed by atoms with E-state index in [2.05, 4.69) is 4.98 Å². The molecule has 1 aliphatic rings. The van der Waals surface area contributed by atoms with E-state index in [1.807, 2.05) is 10.8 Å². The molecule has 0 N–H and O–H groups in total. The predicted molar refractivity (Wildman–Crippen MR) is 46.2 cm³/mol. The minimum absolute atomic E-state index is 0. The van der Waals surface area contributed by atoms with Crippen LogP contribution in [0, 0.1) is 0 Å². The number of hydrogen-bond donors (Lipinski definition) is 0. The van der Waals surface area contributed by atoms with Crippen LogP contribution >= 0.6 is 0 Å². The number of carbonyl (C=O) groups excluding carboxylic acids is 1. The second-order valence-corrected chi connectivity index (χ2v) is 3.25. The first-order chi connectivity index (χ1) is 5.92. The Balaban J connectivity index is 0.000000845. The van der Waals surface area contributed by atoms with Gasteiger partial charge in [-0.25, -0.2) is 4.98 Å². The van der Waals surface area contributed by atoms with Crippen LogP contribution in [0.5, 0.6) is 0 Å². The van der Waals surface area contributed by atoms with E-state index in [-0.39, 0.29) is 1.43 Å². The average Bonchev–Trinajstić information content (AvgIpc) is 2.74. The highest BCUT2D eigenvalue weighted by atomic mass is 16.1. The van der Waals surface area contributed by atoms with Gasteiger partial charge in [-0.1, -0.05) is 12.8 Å². The lowest BCUT2D eigenvalue weighted by Crippen LogP contribution is -2.07. The number of imidazole rings is 1. The normalized spacial score (nSPS) is 18.3. The van der Waals surface area contributed by atoms with E-state index in [1.54, 1.807) is 6.20 Å². The van der Waals surface area contributed by atoms with Crippen LogP contribution in [0.1, 0.15) is 43.8 Å². The van der Waals surface area contributed by atoms with Gasteiger partial charge in [0, 0.05) is 18.4 Å². The SMILES string of the molecule is O=Cc1nccn1C1CCCC1.[H+]. The Labute approximate surface area is 72.9 Å². The lowest BCUT2D eigenvalue weighted by molar-refractivity contribution is 0.110. The molecule has 0 bridgehead atoms. The number of carbonyl (C=O) groups is 1. The van der Waals surface area contributed by atoms with Crippen molar-refractivity contribution < 1.29 is 6.22 Å². The molecule has 0 aliphatic heterocycles. The molecule has 0 unspecified atom stereocenters. The summed E-state index contributed by atoms with van der Waals surface area (Å²) in [5.41, 5.74) is 0. The standard InChI is InChI=1S/C9H12N2O/c12-7-9-10-5-6-11(9)8-3-1-2-4-8/h5-8H,1-4H2/p+1. The number of hydrogen-bond acceptors (Lipinski definition) is 2. The van der Waals surface area contributed by atoms with Gasteiger partial charge in [0.15, 0.2) is 12.1 Å². The van der Waals surface area contributed by atoms with Crippen molar-refractivity contribution in [1.82, 2.24) is 9.55 Å². The molecule has 0 saturated heterocycles. The first-order valence-electron chi connectivity index (χ1n) is 4.40. The molecule has 3 nitrogen and oxygen atoms in total. The maximum atomic E-state index is 10.6. The molecule has 1 saturated carbocycles. The lowest BCUT2D eigenvalue weighted by Gasteiger charge is -2.11. The van der Waals surface area contributed by atoms with E-state index >= 15 is 0 Å². The van der Waals surface area contributed by atoms with Crippen LogP contribution in [0.15, 0.2) is 12.4 Å². The topological polar surface area (TPSA) is 34.9 Å². The third-order valence-electron chi connectivity index (χ3n) is 2.52. The number of rotatable bonds is 2. The second kappa shape index (κ2) is 3.09. The summed E-state index contributed by atoms with van der Waals surface area (Å²) in [6, 6.07) is 0.521. The summed E-state index contributed by atoms with van der Waals surface area (Å²) in [6.45, 7) is 0. The van der Waals surface area contributed by atoms with Crippen molar-refractivity contribution in [1.29, 1.82) is 0 Å². The van der Waals surface area contributed by atoms with Gasteiger partial charge in [0.25, 0.3) is 0 Å². The van der Waals surface area contributed by atoms with Gasteiger partial charge in [-0.2, -0.15) is 0 Å². The Morgan fingerprint density at radius 1 is 1.58 bits per heavy atom. The predicted octanol–water partition coefficient (Wildman–Crippen LogP) is 1.92. The van der Waals surface area contributed by atoms with Gasteiger partial charge in [-0.3, -0.25) is 4.79 Å². The van der Waals surface area contributed by atoms with Crippen LogP contribution in [-0.2, 0) is 0 Å². The molecule has 0 radical (unpaired) electrons. The van der Waals surface area contributed by atoms with Crippen molar-refractivity contribution in [2.45, 2.75) is 31.7 Å². The van der Waals surface area contributed by atoms with Crippen LogP contribution in [0.4, 0.5) is 0 Å². The highest BCUT2D eigenvalue weighted by molar-refractivity contribution is 5.69. The molecule has 0 amide bonds. The highest BCUT2D eigenvalue weighted by Crippen LogP contribution is 2.29. The van der Waals surface area contributed by atoms with E-state index in [0.29, 0.717) is 11.9 Å². The Morgan fingerprint density at radius 2 is 2.33 bits per heavy atom. The van der Waals surface area contributed by atoms with Gasteiger partial charge in [0.2, 0.25) is 0 Å². The lowest BCUT2D eigenvalue weighted by atomic mass is 10.2. The Morgan fingerprint density at radius 3 is 3.00 bits per heavy atom. The zero-order chi connectivity index (χ0) is 8.39. The molecule has 1 fully saturated rings. The second-order valence-electron chi connectivity index (χ2n) is 3.25. The van der Waals surface area contributed by atoms with Crippen molar-refractivity contribution in [2.24, 2.45) is 0 Å². The van der Waals surface area contributed by atoms with Crippen LogP contribution in [0.2, 0.25) is 0 Å². The minimum atomic E-state index is 0. The van der Waals surface area contributed by atoms with E-state index < -0.39 is 0 Å². The summed E-state index contributed by atoms with van der Waals surface area (Å²) >= 11 is 0. The van der Waals surface area contributed by atoms with Gasteiger partial charge in [0.05, 0.1) is 0 Å². The number of nitrogens with zero attached hydrogens (tertiary/aromatic N) is 2. The smallest absolute Gasteiger partial charge is 0.326 e. The molecule has 1 aromatic rings. The van der Waals surface area contributed by atoms with Crippen molar-refractivity contribution in [3.05, 3.63) is 18.2 Å². The summed E-state index contributed by atoms with van der Waals surface area (Å²) in [5, 5.41) is 0. The zero-order valence-corrected chi connectivity index (χ0v) is 6.94. The number of aromatic nitrogens is 2. The molecule has 1 aliphatic carbocycles. The third-order valence-corrected chi connectivity index (χ3v) is 2.52. The fourth-order valence-corrected chi connectivity index (χ4v) is 1.91. The molecule has 1 heterocycles. The van der Waals surface area contributed by atoms with Gasteiger partial charge in [0.1, 0.15) is 0 Å². The molecule has 12 heavy (non-hydrogen) atoms. The van der Waals surface area contributed by atoms with Crippen molar-refractivity contribution in [3.8, 4) is 0 Å². The zero-order valence-electron chi connectivity index (χ0n) is 7.94. The van der Waals surface area contributed by atoms with E-state index in [0.717, 1.165) is 6.29 Å². The molecule has 2 rings (SSSR count). The molecule has 64 valence electrons. The van der Waals surface area contributed by atoms with Crippen molar-refractivity contribution >= 4 is 6.29 Å². The van der Waals surface area contributed by atoms with Gasteiger partial charge in [-0.05, 0) is 12.8 Å². The minimum Gasteiger partial charge on any atom is -0.326 e. The molecule has 0 aromatic carbocycles. The fraction of sp³-hybridized carbons (Fsp3) is 0.556. The maximum absolute atomic E-state index is 10.6. The van der Waals surface area contributed by atoms with Crippen LogP contribution in [0.25, 0.3) is 0 Å². The molecule has 0 atom stereocenters. The van der Waals surface area contributed by atoms with Crippen LogP contribution in [-0.4, -0.2) is 15.8 Å². The number of aldehydes is 1. The first-order valence-corrected chi connectivity index (χ1v) is 4.40.